The van der Waals surface area contributed by atoms with Gasteiger partial charge in [0, 0.05) is 30.1 Å². The summed E-state index contributed by atoms with van der Waals surface area (Å²) in [6, 6.07) is 3.17. The predicted octanol–water partition coefficient (Wildman–Crippen LogP) is 2.98. The standard InChI is InChI=1S/C18H23N3O2S/c1-12-2-5-14(6-3-12)18-21-15(11-24-18)8-17(23)20-10-13-4-7-16(22)19-9-13/h4,7,9,11-12,14H,2-3,5-6,8,10H2,1H3,(H,19,22)(H,20,23). The number of hydrogen-bond donors (Lipinski definition) is 2. The fourth-order valence-electron chi connectivity index (χ4n) is 3.08. The molecule has 1 fully saturated rings. The van der Waals surface area contributed by atoms with Crippen LogP contribution in [0.15, 0.2) is 28.5 Å². The number of thiazole rings is 1. The zero-order chi connectivity index (χ0) is 16.9. The highest BCUT2D eigenvalue weighted by molar-refractivity contribution is 7.09. The highest BCUT2D eigenvalue weighted by Crippen LogP contribution is 2.36. The fourth-order valence-corrected chi connectivity index (χ4v) is 4.07. The summed E-state index contributed by atoms with van der Waals surface area (Å²) in [7, 11) is 0. The van der Waals surface area contributed by atoms with E-state index in [0.717, 1.165) is 17.2 Å². The molecular formula is C18H23N3O2S. The molecule has 2 aromatic rings. The zero-order valence-corrected chi connectivity index (χ0v) is 14.7. The minimum Gasteiger partial charge on any atom is -0.352 e. The maximum absolute atomic E-state index is 12.1. The van der Waals surface area contributed by atoms with Gasteiger partial charge in [0.1, 0.15) is 0 Å². The Balaban J connectivity index is 1.49. The second kappa shape index (κ2) is 7.75. The van der Waals surface area contributed by atoms with Crippen LogP contribution in [0.1, 0.15) is 54.8 Å². The van der Waals surface area contributed by atoms with E-state index in [1.807, 2.05) is 5.38 Å². The van der Waals surface area contributed by atoms with Crippen LogP contribution in [0.3, 0.4) is 0 Å². The Labute approximate surface area is 145 Å². The van der Waals surface area contributed by atoms with E-state index in [0.29, 0.717) is 18.9 Å². The molecule has 128 valence electrons. The average Bonchev–Trinajstić information content (AvgIpc) is 3.03. The summed E-state index contributed by atoms with van der Waals surface area (Å²) >= 11 is 1.68. The number of nitrogens with zero attached hydrogens (tertiary/aromatic N) is 1. The first-order valence-corrected chi connectivity index (χ1v) is 9.36. The number of nitrogens with one attached hydrogen (secondary N) is 2. The lowest BCUT2D eigenvalue weighted by atomic mass is 9.83. The molecule has 1 aliphatic carbocycles. The third-order valence-electron chi connectivity index (χ3n) is 4.61. The van der Waals surface area contributed by atoms with Gasteiger partial charge in [0.15, 0.2) is 0 Å². The molecule has 5 nitrogen and oxygen atoms in total. The summed E-state index contributed by atoms with van der Waals surface area (Å²) < 4.78 is 0. The third kappa shape index (κ3) is 4.54. The lowest BCUT2D eigenvalue weighted by Gasteiger charge is -2.24. The molecule has 0 atom stereocenters. The van der Waals surface area contributed by atoms with Crippen molar-refractivity contribution in [3.05, 3.63) is 50.3 Å². The van der Waals surface area contributed by atoms with Gasteiger partial charge in [-0.25, -0.2) is 4.98 Å². The Kier molecular flexibility index (Phi) is 5.45. The summed E-state index contributed by atoms with van der Waals surface area (Å²) in [5.74, 6) is 1.36. The second-order valence-corrected chi connectivity index (χ2v) is 7.54. The van der Waals surface area contributed by atoms with Crippen LogP contribution in [0.25, 0.3) is 0 Å². The molecule has 1 saturated carbocycles. The first-order valence-electron chi connectivity index (χ1n) is 8.49. The van der Waals surface area contributed by atoms with Gasteiger partial charge in [-0.15, -0.1) is 11.3 Å². The molecule has 2 heterocycles. The van der Waals surface area contributed by atoms with Crippen molar-refractivity contribution in [1.82, 2.24) is 15.3 Å². The topological polar surface area (TPSA) is 74.8 Å². The van der Waals surface area contributed by atoms with Gasteiger partial charge < -0.3 is 10.3 Å². The van der Waals surface area contributed by atoms with Gasteiger partial charge in [0.25, 0.3) is 0 Å². The zero-order valence-electron chi connectivity index (χ0n) is 13.9. The molecule has 0 saturated heterocycles. The molecular weight excluding hydrogens is 322 g/mol. The summed E-state index contributed by atoms with van der Waals surface area (Å²) in [4.78, 5) is 30.3. The minimum atomic E-state index is -0.141. The van der Waals surface area contributed by atoms with E-state index >= 15 is 0 Å². The molecule has 0 spiro atoms. The van der Waals surface area contributed by atoms with Crippen molar-refractivity contribution < 1.29 is 4.79 Å². The van der Waals surface area contributed by atoms with E-state index in [1.165, 1.54) is 36.8 Å². The summed E-state index contributed by atoms with van der Waals surface area (Å²) in [6.07, 6.45) is 6.91. The van der Waals surface area contributed by atoms with Crippen LogP contribution >= 0.6 is 11.3 Å². The summed E-state index contributed by atoms with van der Waals surface area (Å²) in [6.45, 7) is 2.73. The van der Waals surface area contributed by atoms with Gasteiger partial charge in [0.2, 0.25) is 11.5 Å². The molecule has 0 aliphatic heterocycles. The molecule has 2 N–H and O–H groups in total. The highest BCUT2D eigenvalue weighted by atomic mass is 32.1. The molecule has 0 aromatic carbocycles. The van der Waals surface area contributed by atoms with Crippen LogP contribution in [-0.4, -0.2) is 15.9 Å². The average molecular weight is 345 g/mol. The molecule has 2 aromatic heterocycles. The van der Waals surface area contributed by atoms with E-state index in [2.05, 4.69) is 22.2 Å². The predicted molar refractivity (Wildman–Crippen MR) is 95.1 cm³/mol. The first kappa shape index (κ1) is 16.9. The van der Waals surface area contributed by atoms with Crippen molar-refractivity contribution in [2.45, 2.75) is 51.5 Å². The van der Waals surface area contributed by atoms with Crippen molar-refractivity contribution in [2.75, 3.05) is 0 Å². The number of carbonyl (C=O) groups excluding carboxylic acids is 1. The number of aromatic amines is 1. The van der Waals surface area contributed by atoms with Crippen LogP contribution in [0, 0.1) is 5.92 Å². The van der Waals surface area contributed by atoms with E-state index < -0.39 is 0 Å². The van der Waals surface area contributed by atoms with Crippen molar-refractivity contribution in [1.29, 1.82) is 0 Å². The highest BCUT2D eigenvalue weighted by Gasteiger charge is 2.22. The fraction of sp³-hybridized carbons (Fsp3) is 0.500. The maximum atomic E-state index is 12.1. The van der Waals surface area contributed by atoms with Gasteiger partial charge in [0.05, 0.1) is 17.1 Å². The van der Waals surface area contributed by atoms with Crippen LogP contribution in [0.2, 0.25) is 0 Å². The number of H-pyrrole nitrogens is 1. The van der Waals surface area contributed by atoms with E-state index in [9.17, 15) is 9.59 Å². The minimum absolute atomic E-state index is 0.0460. The maximum Gasteiger partial charge on any atom is 0.247 e. The Bertz CT molecular complexity index is 724. The molecule has 3 rings (SSSR count). The number of amides is 1. The molecule has 0 bridgehead atoms. The number of rotatable bonds is 5. The van der Waals surface area contributed by atoms with E-state index in [-0.39, 0.29) is 11.5 Å². The normalized spacial score (nSPS) is 20.7. The van der Waals surface area contributed by atoms with Crippen molar-refractivity contribution in [2.24, 2.45) is 5.92 Å². The SMILES string of the molecule is CC1CCC(c2nc(CC(=O)NCc3ccc(=O)[nH]c3)cs2)CC1. The van der Waals surface area contributed by atoms with Crippen LogP contribution < -0.4 is 10.9 Å². The van der Waals surface area contributed by atoms with E-state index in [1.54, 1.807) is 23.6 Å². The number of aromatic nitrogens is 2. The Morgan fingerprint density at radius 1 is 1.33 bits per heavy atom. The molecule has 1 amide bonds. The molecule has 0 radical (unpaired) electrons. The number of hydrogen-bond acceptors (Lipinski definition) is 4. The monoisotopic (exact) mass is 345 g/mol. The van der Waals surface area contributed by atoms with Gasteiger partial charge in [-0.05, 0) is 24.3 Å². The van der Waals surface area contributed by atoms with Gasteiger partial charge in [-0.3, -0.25) is 9.59 Å². The quantitative estimate of drug-likeness (QED) is 0.875. The number of carbonyl (C=O) groups is 1. The van der Waals surface area contributed by atoms with Crippen molar-refractivity contribution in [3.63, 3.8) is 0 Å². The van der Waals surface area contributed by atoms with Crippen LogP contribution in [0.5, 0.6) is 0 Å². The first-order chi connectivity index (χ1) is 11.6. The third-order valence-corrected chi connectivity index (χ3v) is 5.67. The Morgan fingerprint density at radius 2 is 2.12 bits per heavy atom. The van der Waals surface area contributed by atoms with Gasteiger partial charge in [-0.1, -0.05) is 25.8 Å². The van der Waals surface area contributed by atoms with Crippen LogP contribution in [0.4, 0.5) is 0 Å². The van der Waals surface area contributed by atoms with Crippen molar-refractivity contribution in [3.8, 4) is 0 Å². The second-order valence-electron chi connectivity index (χ2n) is 6.65. The van der Waals surface area contributed by atoms with Gasteiger partial charge in [-0.2, -0.15) is 0 Å². The molecule has 1 aliphatic rings. The number of pyridine rings is 1. The van der Waals surface area contributed by atoms with Crippen LogP contribution in [-0.2, 0) is 17.8 Å². The Hall–Kier alpha value is -1.95. The lowest BCUT2D eigenvalue weighted by molar-refractivity contribution is -0.120. The molecule has 6 heteroatoms. The van der Waals surface area contributed by atoms with E-state index in [4.69, 9.17) is 0 Å². The summed E-state index contributed by atoms with van der Waals surface area (Å²) in [5, 5.41) is 6.06. The summed E-state index contributed by atoms with van der Waals surface area (Å²) in [5.41, 5.74) is 1.59. The van der Waals surface area contributed by atoms with Gasteiger partial charge >= 0.3 is 0 Å². The molecule has 0 unspecified atom stereocenters. The largest absolute Gasteiger partial charge is 0.352 e. The van der Waals surface area contributed by atoms with Crippen molar-refractivity contribution >= 4 is 17.2 Å². The molecule has 24 heavy (non-hydrogen) atoms. The Morgan fingerprint density at radius 3 is 2.83 bits per heavy atom. The lowest BCUT2D eigenvalue weighted by Crippen LogP contribution is -2.25. The smallest absolute Gasteiger partial charge is 0.247 e.